The topological polar surface area (TPSA) is 47.0 Å². The van der Waals surface area contributed by atoms with Crippen LogP contribution in [0.1, 0.15) is 19.3 Å². The summed E-state index contributed by atoms with van der Waals surface area (Å²) in [5.41, 5.74) is 0. The molecule has 82 valence electrons. The van der Waals surface area contributed by atoms with Crippen molar-refractivity contribution in [3.8, 4) is 0 Å². The largest absolute Gasteiger partial charge is 0.381 e. The lowest BCUT2D eigenvalue weighted by atomic mass is 10.1. The first kappa shape index (κ1) is 10.3. The Morgan fingerprint density at radius 3 is 3.13 bits per heavy atom. The first-order chi connectivity index (χ1) is 7.34. The minimum atomic E-state index is -0.502. The van der Waals surface area contributed by atoms with Crippen molar-refractivity contribution in [3.05, 3.63) is 18.3 Å². The first-order valence-electron chi connectivity index (χ1n) is 5.16. The second-order valence-electron chi connectivity index (χ2n) is 3.61. The second kappa shape index (κ2) is 5.02. The van der Waals surface area contributed by atoms with Gasteiger partial charge in [-0.3, -0.25) is 0 Å². The van der Waals surface area contributed by atoms with Crippen LogP contribution in [0, 0.1) is 5.95 Å². The third-order valence-corrected chi connectivity index (χ3v) is 2.44. The fraction of sp³-hybridized carbons (Fsp3) is 0.600. The molecular formula is C10H14FN3O. The van der Waals surface area contributed by atoms with Crippen LogP contribution in [0.4, 0.5) is 10.2 Å². The Hall–Kier alpha value is -1.23. The molecule has 1 fully saturated rings. The number of hydrogen-bond acceptors (Lipinski definition) is 4. The summed E-state index contributed by atoms with van der Waals surface area (Å²) >= 11 is 0. The lowest BCUT2D eigenvalue weighted by Crippen LogP contribution is -2.20. The maximum Gasteiger partial charge on any atom is 0.217 e. The van der Waals surface area contributed by atoms with Crippen LogP contribution < -0.4 is 5.32 Å². The summed E-state index contributed by atoms with van der Waals surface area (Å²) in [5, 5.41) is 3.19. The molecule has 1 atom stereocenters. The molecule has 0 amide bonds. The summed E-state index contributed by atoms with van der Waals surface area (Å²) < 4.78 is 18.1. The molecule has 5 heteroatoms. The molecule has 1 saturated heterocycles. The van der Waals surface area contributed by atoms with Gasteiger partial charge in [-0.25, -0.2) is 9.97 Å². The molecule has 0 spiro atoms. The lowest BCUT2D eigenvalue weighted by molar-refractivity contribution is 0.144. The molecule has 1 N–H and O–H groups in total. The number of nitrogens with one attached hydrogen (secondary N) is 1. The highest BCUT2D eigenvalue weighted by atomic mass is 19.1. The SMILES string of the molecule is Fc1cc(NC2CCCOCC2)ncn1. The molecule has 0 aromatic carbocycles. The predicted molar refractivity (Wildman–Crippen MR) is 54.1 cm³/mol. The molecule has 4 nitrogen and oxygen atoms in total. The smallest absolute Gasteiger partial charge is 0.217 e. The molecular weight excluding hydrogens is 197 g/mol. The highest BCUT2D eigenvalue weighted by Crippen LogP contribution is 2.13. The zero-order chi connectivity index (χ0) is 10.5. The van der Waals surface area contributed by atoms with Gasteiger partial charge < -0.3 is 10.1 Å². The molecule has 0 radical (unpaired) electrons. The van der Waals surface area contributed by atoms with Gasteiger partial charge in [-0.05, 0) is 19.3 Å². The maximum absolute atomic E-state index is 12.8. The molecule has 1 aliphatic rings. The van der Waals surface area contributed by atoms with E-state index in [2.05, 4.69) is 15.3 Å². The van der Waals surface area contributed by atoms with Crippen LogP contribution in [-0.4, -0.2) is 29.2 Å². The van der Waals surface area contributed by atoms with Crippen LogP contribution in [0.15, 0.2) is 12.4 Å². The summed E-state index contributed by atoms with van der Waals surface area (Å²) in [5.74, 6) is 0.0479. The van der Waals surface area contributed by atoms with E-state index in [1.54, 1.807) is 0 Å². The normalized spacial score (nSPS) is 22.1. The van der Waals surface area contributed by atoms with E-state index in [1.807, 2.05) is 0 Å². The average Bonchev–Trinajstić information content (AvgIpc) is 2.46. The summed E-state index contributed by atoms with van der Waals surface area (Å²) in [6.07, 6.45) is 4.23. The van der Waals surface area contributed by atoms with Crippen molar-refractivity contribution in [1.29, 1.82) is 0 Å². The van der Waals surface area contributed by atoms with Crippen molar-refractivity contribution < 1.29 is 9.13 Å². The molecule has 0 aliphatic carbocycles. The number of nitrogens with zero attached hydrogens (tertiary/aromatic N) is 2. The van der Waals surface area contributed by atoms with Gasteiger partial charge in [0.25, 0.3) is 0 Å². The van der Waals surface area contributed by atoms with Crippen LogP contribution in [0.3, 0.4) is 0 Å². The fourth-order valence-corrected chi connectivity index (χ4v) is 1.67. The van der Waals surface area contributed by atoms with Crippen LogP contribution in [0.2, 0.25) is 0 Å². The van der Waals surface area contributed by atoms with Gasteiger partial charge in [0.15, 0.2) is 0 Å². The van der Waals surface area contributed by atoms with E-state index in [1.165, 1.54) is 12.4 Å². The van der Waals surface area contributed by atoms with E-state index in [4.69, 9.17) is 4.74 Å². The zero-order valence-electron chi connectivity index (χ0n) is 8.45. The number of aromatic nitrogens is 2. The van der Waals surface area contributed by atoms with E-state index >= 15 is 0 Å². The number of rotatable bonds is 2. The van der Waals surface area contributed by atoms with Gasteiger partial charge in [-0.15, -0.1) is 0 Å². The van der Waals surface area contributed by atoms with Crippen LogP contribution in [-0.2, 0) is 4.74 Å². The predicted octanol–water partition coefficient (Wildman–Crippen LogP) is 1.60. The van der Waals surface area contributed by atoms with Gasteiger partial charge in [0.2, 0.25) is 5.95 Å². The van der Waals surface area contributed by atoms with E-state index in [0.29, 0.717) is 11.9 Å². The quantitative estimate of drug-likeness (QED) is 0.755. The Bertz CT molecular complexity index is 313. The molecule has 0 saturated carbocycles. The molecule has 0 bridgehead atoms. The summed E-state index contributed by atoms with van der Waals surface area (Å²) in [7, 11) is 0. The monoisotopic (exact) mass is 211 g/mol. The maximum atomic E-state index is 12.8. The highest BCUT2D eigenvalue weighted by Gasteiger charge is 2.12. The Labute approximate surface area is 87.9 Å². The summed E-state index contributed by atoms with van der Waals surface area (Å²) in [6.45, 7) is 1.57. The number of halogens is 1. The Morgan fingerprint density at radius 1 is 1.33 bits per heavy atom. The van der Waals surface area contributed by atoms with E-state index in [-0.39, 0.29) is 0 Å². The van der Waals surface area contributed by atoms with Gasteiger partial charge in [-0.1, -0.05) is 0 Å². The summed E-state index contributed by atoms with van der Waals surface area (Å²) in [4.78, 5) is 7.37. The molecule has 1 unspecified atom stereocenters. The van der Waals surface area contributed by atoms with E-state index in [9.17, 15) is 4.39 Å². The highest BCUT2D eigenvalue weighted by molar-refractivity contribution is 5.33. The van der Waals surface area contributed by atoms with Crippen LogP contribution >= 0.6 is 0 Å². The average molecular weight is 211 g/mol. The second-order valence-corrected chi connectivity index (χ2v) is 3.61. The van der Waals surface area contributed by atoms with Gasteiger partial charge in [0.05, 0.1) is 0 Å². The van der Waals surface area contributed by atoms with Crippen LogP contribution in [0.25, 0.3) is 0 Å². The van der Waals surface area contributed by atoms with Gasteiger partial charge >= 0.3 is 0 Å². The number of hydrogen-bond donors (Lipinski definition) is 1. The van der Waals surface area contributed by atoms with Crippen molar-refractivity contribution in [2.75, 3.05) is 18.5 Å². The molecule has 1 aromatic heterocycles. The van der Waals surface area contributed by atoms with Crippen molar-refractivity contribution in [2.24, 2.45) is 0 Å². The van der Waals surface area contributed by atoms with Gasteiger partial charge in [-0.2, -0.15) is 4.39 Å². The Kier molecular flexibility index (Phi) is 3.45. The van der Waals surface area contributed by atoms with Gasteiger partial charge in [0, 0.05) is 25.3 Å². The molecule has 2 rings (SSSR count). The molecule has 15 heavy (non-hydrogen) atoms. The lowest BCUT2D eigenvalue weighted by Gasteiger charge is -2.15. The minimum absolute atomic E-state index is 0.321. The minimum Gasteiger partial charge on any atom is -0.381 e. The zero-order valence-corrected chi connectivity index (χ0v) is 8.45. The number of ether oxygens (including phenoxy) is 1. The van der Waals surface area contributed by atoms with Crippen molar-refractivity contribution >= 4 is 5.82 Å². The molecule has 1 aliphatic heterocycles. The van der Waals surface area contributed by atoms with E-state index in [0.717, 1.165) is 32.5 Å². The third-order valence-electron chi connectivity index (χ3n) is 2.44. The Morgan fingerprint density at radius 2 is 2.27 bits per heavy atom. The van der Waals surface area contributed by atoms with Crippen LogP contribution in [0.5, 0.6) is 0 Å². The molecule has 2 heterocycles. The Balaban J connectivity index is 1.95. The van der Waals surface area contributed by atoms with Crippen molar-refractivity contribution in [1.82, 2.24) is 9.97 Å². The van der Waals surface area contributed by atoms with Crippen molar-refractivity contribution in [3.63, 3.8) is 0 Å². The number of anilines is 1. The van der Waals surface area contributed by atoms with E-state index < -0.39 is 5.95 Å². The van der Waals surface area contributed by atoms with Crippen molar-refractivity contribution in [2.45, 2.75) is 25.3 Å². The summed E-state index contributed by atoms with van der Waals surface area (Å²) in [6, 6.07) is 1.63. The van der Waals surface area contributed by atoms with Gasteiger partial charge in [0.1, 0.15) is 12.1 Å². The molecule has 1 aromatic rings. The fourth-order valence-electron chi connectivity index (χ4n) is 1.67. The third kappa shape index (κ3) is 3.13. The standard InChI is InChI=1S/C10H14FN3O/c11-9-6-10(13-7-12-9)14-8-2-1-4-15-5-3-8/h6-8H,1-5H2,(H,12,13,14). The first-order valence-corrected chi connectivity index (χ1v) is 5.16.